The lowest BCUT2D eigenvalue weighted by atomic mass is 10.1. The van der Waals surface area contributed by atoms with Crippen molar-refractivity contribution in [2.24, 2.45) is 0 Å². The molecule has 3 rings (SSSR count). The number of halogens is 5. The number of nitrogen functional groups attached to an aromatic ring is 1. The average molecular weight is 415 g/mol. The van der Waals surface area contributed by atoms with Gasteiger partial charge in [0.1, 0.15) is 22.2 Å². The molecule has 0 unspecified atom stereocenters. The van der Waals surface area contributed by atoms with Crippen molar-refractivity contribution >= 4 is 34.2 Å². The fraction of sp³-hybridized carbons (Fsp3) is 0.111. The SMILES string of the molecule is CCOC(=O)c1cn(-c2cc(N)c(F)cc2F)c2c(Cl)c(F)c(F)cc2c1=O. The molecule has 5 nitrogen and oxygen atoms in total. The summed E-state index contributed by atoms with van der Waals surface area (Å²) in [6.45, 7) is 1.41. The summed E-state index contributed by atoms with van der Waals surface area (Å²) >= 11 is 5.86. The number of ether oxygens (including phenoxy) is 1. The number of pyridine rings is 1. The van der Waals surface area contributed by atoms with Crippen LogP contribution in [0, 0.1) is 23.3 Å². The smallest absolute Gasteiger partial charge is 0.343 e. The van der Waals surface area contributed by atoms with Crippen LogP contribution in [0.2, 0.25) is 5.02 Å². The van der Waals surface area contributed by atoms with Crippen LogP contribution in [0.25, 0.3) is 16.6 Å². The molecule has 0 amide bonds. The van der Waals surface area contributed by atoms with Crippen LogP contribution in [0.15, 0.2) is 29.2 Å². The van der Waals surface area contributed by atoms with Crippen molar-refractivity contribution in [3.63, 3.8) is 0 Å². The summed E-state index contributed by atoms with van der Waals surface area (Å²) in [6.07, 6.45) is 0.849. The normalized spacial score (nSPS) is 11.1. The third-order valence-corrected chi connectivity index (χ3v) is 4.29. The van der Waals surface area contributed by atoms with Crippen LogP contribution in [0.4, 0.5) is 23.2 Å². The van der Waals surface area contributed by atoms with Crippen molar-refractivity contribution in [1.29, 1.82) is 0 Å². The molecule has 10 heteroatoms. The molecule has 28 heavy (non-hydrogen) atoms. The van der Waals surface area contributed by atoms with Crippen LogP contribution in [0.1, 0.15) is 17.3 Å². The lowest BCUT2D eigenvalue weighted by molar-refractivity contribution is 0.0524. The van der Waals surface area contributed by atoms with Crippen molar-refractivity contribution in [3.8, 4) is 5.69 Å². The molecule has 2 N–H and O–H groups in total. The van der Waals surface area contributed by atoms with Gasteiger partial charge >= 0.3 is 5.97 Å². The highest BCUT2D eigenvalue weighted by Crippen LogP contribution is 2.31. The van der Waals surface area contributed by atoms with Crippen LogP contribution in [0.3, 0.4) is 0 Å². The molecule has 0 atom stereocenters. The molecule has 0 aliphatic carbocycles. The highest BCUT2D eigenvalue weighted by molar-refractivity contribution is 6.35. The largest absolute Gasteiger partial charge is 0.462 e. The van der Waals surface area contributed by atoms with Crippen molar-refractivity contribution in [2.75, 3.05) is 12.3 Å². The van der Waals surface area contributed by atoms with Gasteiger partial charge in [0.2, 0.25) is 5.43 Å². The van der Waals surface area contributed by atoms with E-state index < -0.39 is 67.5 Å². The number of fused-ring (bicyclic) bond motifs is 1. The number of rotatable bonds is 3. The van der Waals surface area contributed by atoms with Crippen LogP contribution >= 0.6 is 11.6 Å². The Morgan fingerprint density at radius 1 is 1.14 bits per heavy atom. The molecule has 0 bridgehead atoms. The molecule has 0 spiro atoms. The van der Waals surface area contributed by atoms with Crippen molar-refractivity contribution in [3.05, 3.63) is 68.5 Å². The molecule has 1 aromatic heterocycles. The van der Waals surface area contributed by atoms with E-state index in [-0.39, 0.29) is 6.61 Å². The van der Waals surface area contributed by atoms with E-state index in [0.717, 1.165) is 16.8 Å². The van der Waals surface area contributed by atoms with Gasteiger partial charge in [0, 0.05) is 12.3 Å². The summed E-state index contributed by atoms with van der Waals surface area (Å²) in [5.74, 6) is -6.20. The summed E-state index contributed by atoms with van der Waals surface area (Å²) in [4.78, 5) is 24.7. The highest BCUT2D eigenvalue weighted by atomic mass is 35.5. The first kappa shape index (κ1) is 19.7. The van der Waals surface area contributed by atoms with Gasteiger partial charge in [-0.15, -0.1) is 0 Å². The summed E-state index contributed by atoms with van der Waals surface area (Å²) < 4.78 is 61.4. The van der Waals surface area contributed by atoms with Crippen molar-refractivity contribution in [2.45, 2.75) is 6.92 Å². The molecular formula is C18H11ClF4N2O3. The zero-order valence-corrected chi connectivity index (χ0v) is 14.9. The predicted octanol–water partition coefficient (Wildman–Crippen LogP) is 3.96. The molecule has 146 valence electrons. The molecule has 2 aromatic carbocycles. The van der Waals surface area contributed by atoms with E-state index in [9.17, 15) is 27.2 Å². The molecule has 3 aromatic rings. The number of aromatic nitrogens is 1. The minimum Gasteiger partial charge on any atom is -0.462 e. The number of anilines is 1. The maximum Gasteiger partial charge on any atom is 0.343 e. The van der Waals surface area contributed by atoms with Crippen LogP contribution in [0.5, 0.6) is 0 Å². The molecule has 0 fully saturated rings. The molecule has 1 heterocycles. The fourth-order valence-corrected chi connectivity index (χ4v) is 2.96. The number of benzene rings is 2. The Morgan fingerprint density at radius 2 is 1.82 bits per heavy atom. The first-order valence-corrected chi connectivity index (χ1v) is 8.20. The average Bonchev–Trinajstić information content (AvgIpc) is 2.64. The van der Waals surface area contributed by atoms with Crippen molar-refractivity contribution in [1.82, 2.24) is 4.57 Å². The first-order valence-electron chi connectivity index (χ1n) is 7.82. The predicted molar refractivity (Wildman–Crippen MR) is 94.8 cm³/mol. The Labute approximate surface area is 159 Å². The Kier molecular flexibility index (Phi) is 5.03. The van der Waals surface area contributed by atoms with Crippen LogP contribution in [-0.2, 0) is 4.74 Å². The number of nitrogens with two attached hydrogens (primary N) is 1. The van der Waals surface area contributed by atoms with Gasteiger partial charge in [-0.1, -0.05) is 11.6 Å². The second kappa shape index (κ2) is 7.16. The van der Waals surface area contributed by atoms with Gasteiger partial charge in [-0.3, -0.25) is 4.79 Å². The highest BCUT2D eigenvalue weighted by Gasteiger charge is 2.24. The number of carbonyl (C=O) groups is 1. The Balaban J connectivity index is 2.52. The molecule has 0 aliphatic rings. The summed E-state index contributed by atoms with van der Waals surface area (Å²) in [5, 5.41) is -1.33. The summed E-state index contributed by atoms with van der Waals surface area (Å²) in [7, 11) is 0. The Hall–Kier alpha value is -3.07. The number of hydrogen-bond donors (Lipinski definition) is 1. The van der Waals surface area contributed by atoms with Crippen molar-refractivity contribution < 1.29 is 27.1 Å². The second-order valence-corrected chi connectivity index (χ2v) is 6.05. The maximum atomic E-state index is 14.4. The summed E-state index contributed by atoms with van der Waals surface area (Å²) in [6, 6.07) is 1.86. The van der Waals surface area contributed by atoms with Gasteiger partial charge in [-0.2, -0.15) is 0 Å². The number of hydrogen-bond acceptors (Lipinski definition) is 4. The number of esters is 1. The molecule has 0 saturated heterocycles. The minimum absolute atomic E-state index is 0.0767. The van der Waals surface area contributed by atoms with E-state index in [1.165, 1.54) is 6.92 Å². The monoisotopic (exact) mass is 414 g/mol. The molecule has 0 radical (unpaired) electrons. The quantitative estimate of drug-likeness (QED) is 0.305. The molecular weight excluding hydrogens is 404 g/mol. The Morgan fingerprint density at radius 3 is 2.46 bits per heavy atom. The minimum atomic E-state index is -1.48. The number of carbonyl (C=O) groups excluding carboxylic acids is 1. The lowest BCUT2D eigenvalue weighted by Crippen LogP contribution is -2.21. The fourth-order valence-electron chi connectivity index (χ4n) is 2.67. The zero-order chi connectivity index (χ0) is 20.7. The van der Waals surface area contributed by atoms with E-state index >= 15 is 0 Å². The van der Waals surface area contributed by atoms with Crippen LogP contribution < -0.4 is 11.2 Å². The van der Waals surface area contributed by atoms with E-state index in [0.29, 0.717) is 12.1 Å². The maximum absolute atomic E-state index is 14.4. The lowest BCUT2D eigenvalue weighted by Gasteiger charge is -2.16. The van der Waals surface area contributed by atoms with Gasteiger partial charge in [0.25, 0.3) is 0 Å². The first-order chi connectivity index (χ1) is 13.2. The molecule has 0 aliphatic heterocycles. The van der Waals surface area contributed by atoms with Gasteiger partial charge in [-0.05, 0) is 19.1 Å². The third-order valence-electron chi connectivity index (χ3n) is 3.95. The number of nitrogens with zero attached hydrogens (tertiary/aromatic N) is 1. The van der Waals surface area contributed by atoms with Gasteiger partial charge in [0.05, 0.1) is 28.9 Å². The second-order valence-electron chi connectivity index (χ2n) is 5.67. The van der Waals surface area contributed by atoms with E-state index in [4.69, 9.17) is 22.1 Å². The van der Waals surface area contributed by atoms with E-state index in [2.05, 4.69) is 0 Å². The summed E-state index contributed by atoms with van der Waals surface area (Å²) in [5.41, 5.74) is 2.55. The zero-order valence-electron chi connectivity index (χ0n) is 14.2. The van der Waals surface area contributed by atoms with E-state index in [1.54, 1.807) is 0 Å². The van der Waals surface area contributed by atoms with Gasteiger partial charge < -0.3 is 15.0 Å². The topological polar surface area (TPSA) is 74.3 Å². The molecule has 0 saturated carbocycles. The van der Waals surface area contributed by atoms with Gasteiger partial charge in [-0.25, -0.2) is 22.4 Å². The third kappa shape index (κ3) is 3.07. The van der Waals surface area contributed by atoms with E-state index in [1.807, 2.05) is 0 Å². The Bertz CT molecular complexity index is 1190. The standard InChI is InChI=1S/C18H11ClF4N2O3/c1-2-28-18(27)8-6-25(13-5-12(24)9(20)4-10(13)21)16-7(17(8)26)3-11(22)15(23)14(16)19/h3-6H,2,24H2,1H3. The van der Waals surface area contributed by atoms with Crippen LogP contribution in [-0.4, -0.2) is 17.1 Å². The van der Waals surface area contributed by atoms with Gasteiger partial charge in [0.15, 0.2) is 11.6 Å².